The molecule has 23 heavy (non-hydrogen) atoms. The molecule has 2 aromatic rings. The number of carbonyl (C=O) groups is 1. The molecule has 2 aromatic carbocycles. The maximum Gasteiger partial charge on any atom is 0.446 e. The summed E-state index contributed by atoms with van der Waals surface area (Å²) in [7, 11) is 0. The molecular formula is C15H12ClF3N2OS. The van der Waals surface area contributed by atoms with Crippen LogP contribution in [0.3, 0.4) is 0 Å². The van der Waals surface area contributed by atoms with Crippen LogP contribution in [-0.2, 0) is 6.54 Å². The van der Waals surface area contributed by atoms with Crippen molar-refractivity contribution in [2.45, 2.75) is 16.9 Å². The van der Waals surface area contributed by atoms with Crippen molar-refractivity contribution >= 4 is 35.1 Å². The minimum absolute atomic E-state index is 0.0578. The molecule has 0 unspecified atom stereocenters. The van der Waals surface area contributed by atoms with Crippen LogP contribution in [0.5, 0.6) is 0 Å². The molecule has 0 bridgehead atoms. The molecule has 2 N–H and O–H groups in total. The van der Waals surface area contributed by atoms with E-state index in [2.05, 4.69) is 10.6 Å². The minimum Gasteiger partial charge on any atom is -0.334 e. The van der Waals surface area contributed by atoms with Crippen LogP contribution in [0.25, 0.3) is 0 Å². The van der Waals surface area contributed by atoms with Crippen molar-refractivity contribution < 1.29 is 18.0 Å². The Hall–Kier alpha value is -1.86. The van der Waals surface area contributed by atoms with Gasteiger partial charge >= 0.3 is 11.5 Å². The average molecular weight is 361 g/mol. The van der Waals surface area contributed by atoms with Gasteiger partial charge in [-0.1, -0.05) is 23.7 Å². The zero-order valence-corrected chi connectivity index (χ0v) is 13.2. The maximum absolute atomic E-state index is 12.2. The molecule has 3 nitrogen and oxygen atoms in total. The van der Waals surface area contributed by atoms with Gasteiger partial charge in [0.25, 0.3) is 0 Å². The molecule has 2 amide bonds. The molecule has 0 atom stereocenters. The van der Waals surface area contributed by atoms with E-state index < -0.39 is 11.5 Å². The van der Waals surface area contributed by atoms with Crippen molar-refractivity contribution in [3.05, 3.63) is 59.1 Å². The third-order valence-electron chi connectivity index (χ3n) is 2.69. The average Bonchev–Trinajstić information content (AvgIpc) is 2.46. The fraction of sp³-hybridized carbons (Fsp3) is 0.133. The van der Waals surface area contributed by atoms with Crippen molar-refractivity contribution in [1.82, 2.24) is 5.32 Å². The lowest BCUT2D eigenvalue weighted by Gasteiger charge is -2.09. The number of alkyl halides is 3. The molecule has 0 spiro atoms. The van der Waals surface area contributed by atoms with Gasteiger partial charge in [0, 0.05) is 22.2 Å². The summed E-state index contributed by atoms with van der Waals surface area (Å²) in [6.45, 7) is 0.286. The van der Waals surface area contributed by atoms with Gasteiger partial charge in [-0.2, -0.15) is 13.2 Å². The number of amides is 2. The summed E-state index contributed by atoms with van der Waals surface area (Å²) in [6, 6.07) is 12.0. The number of hydrogen-bond donors (Lipinski definition) is 2. The van der Waals surface area contributed by atoms with Crippen LogP contribution in [0.1, 0.15) is 5.56 Å². The number of nitrogens with one attached hydrogen (secondary N) is 2. The molecule has 0 saturated carbocycles. The normalized spacial score (nSPS) is 11.1. The van der Waals surface area contributed by atoms with E-state index in [1.54, 1.807) is 18.2 Å². The van der Waals surface area contributed by atoms with Crippen LogP contribution in [0.2, 0.25) is 5.02 Å². The second kappa shape index (κ2) is 7.61. The quantitative estimate of drug-likeness (QED) is 0.729. The van der Waals surface area contributed by atoms with Gasteiger partial charge in [0.2, 0.25) is 0 Å². The van der Waals surface area contributed by atoms with Gasteiger partial charge in [-0.15, -0.1) is 0 Å². The van der Waals surface area contributed by atoms with E-state index in [0.29, 0.717) is 10.7 Å². The standard InChI is InChI=1S/C15H12ClF3N2OS/c16-11-3-1-2-10(8-11)9-20-14(22)21-12-4-6-13(7-5-12)23-15(17,18)19/h1-8H,9H2,(H2,20,21,22). The van der Waals surface area contributed by atoms with E-state index in [4.69, 9.17) is 11.6 Å². The number of hydrogen-bond acceptors (Lipinski definition) is 2. The molecule has 0 aliphatic heterocycles. The highest BCUT2D eigenvalue weighted by Crippen LogP contribution is 2.36. The Morgan fingerprint density at radius 2 is 1.83 bits per heavy atom. The summed E-state index contributed by atoms with van der Waals surface area (Å²) >= 11 is 5.64. The topological polar surface area (TPSA) is 41.1 Å². The van der Waals surface area contributed by atoms with E-state index in [0.717, 1.165) is 5.56 Å². The highest BCUT2D eigenvalue weighted by molar-refractivity contribution is 8.00. The third kappa shape index (κ3) is 6.42. The highest BCUT2D eigenvalue weighted by Gasteiger charge is 2.28. The van der Waals surface area contributed by atoms with Gasteiger partial charge in [-0.05, 0) is 53.7 Å². The predicted octanol–water partition coefficient (Wildman–Crippen LogP) is 5.27. The minimum atomic E-state index is -4.33. The predicted molar refractivity (Wildman–Crippen MR) is 85.7 cm³/mol. The molecule has 0 aliphatic rings. The molecule has 0 heterocycles. The van der Waals surface area contributed by atoms with Crippen molar-refractivity contribution in [2.24, 2.45) is 0 Å². The van der Waals surface area contributed by atoms with Crippen LogP contribution >= 0.6 is 23.4 Å². The summed E-state index contributed by atoms with van der Waals surface area (Å²) in [4.78, 5) is 11.8. The zero-order chi connectivity index (χ0) is 16.9. The number of halogens is 4. The van der Waals surface area contributed by atoms with Crippen LogP contribution in [0.4, 0.5) is 23.7 Å². The van der Waals surface area contributed by atoms with E-state index >= 15 is 0 Å². The highest BCUT2D eigenvalue weighted by atomic mass is 35.5. The van der Waals surface area contributed by atoms with Crippen LogP contribution in [0, 0.1) is 0 Å². The smallest absolute Gasteiger partial charge is 0.334 e. The van der Waals surface area contributed by atoms with Crippen LogP contribution < -0.4 is 10.6 Å². The Labute approximate surface area is 140 Å². The first-order chi connectivity index (χ1) is 10.8. The van der Waals surface area contributed by atoms with E-state index in [-0.39, 0.29) is 23.2 Å². The number of thioether (sulfide) groups is 1. The van der Waals surface area contributed by atoms with Crippen molar-refractivity contribution in [3.8, 4) is 0 Å². The largest absolute Gasteiger partial charge is 0.446 e. The van der Waals surface area contributed by atoms with Crippen molar-refractivity contribution in [3.63, 3.8) is 0 Å². The maximum atomic E-state index is 12.2. The third-order valence-corrected chi connectivity index (χ3v) is 3.66. The zero-order valence-electron chi connectivity index (χ0n) is 11.7. The number of carbonyl (C=O) groups excluding carboxylic acids is 1. The summed E-state index contributed by atoms with van der Waals surface area (Å²) in [5.74, 6) is 0. The van der Waals surface area contributed by atoms with E-state index in [9.17, 15) is 18.0 Å². The van der Waals surface area contributed by atoms with Gasteiger partial charge in [-0.25, -0.2) is 4.79 Å². The first-order valence-corrected chi connectivity index (χ1v) is 7.66. The Kier molecular flexibility index (Phi) is 5.79. The summed E-state index contributed by atoms with van der Waals surface area (Å²) in [5.41, 5.74) is -3.09. The summed E-state index contributed by atoms with van der Waals surface area (Å²) in [5, 5.41) is 5.75. The molecule has 0 fully saturated rings. The summed E-state index contributed by atoms with van der Waals surface area (Å²) < 4.78 is 36.6. The fourth-order valence-corrected chi connectivity index (χ4v) is 2.50. The lowest BCUT2D eigenvalue weighted by atomic mass is 10.2. The van der Waals surface area contributed by atoms with Crippen LogP contribution in [0.15, 0.2) is 53.4 Å². The molecule has 0 aromatic heterocycles. The van der Waals surface area contributed by atoms with E-state index in [1.165, 1.54) is 24.3 Å². The van der Waals surface area contributed by atoms with Gasteiger partial charge in [0.1, 0.15) is 0 Å². The molecule has 0 saturated heterocycles. The van der Waals surface area contributed by atoms with Gasteiger partial charge in [-0.3, -0.25) is 0 Å². The van der Waals surface area contributed by atoms with Crippen molar-refractivity contribution in [2.75, 3.05) is 5.32 Å². The Bertz CT molecular complexity index is 677. The number of urea groups is 1. The van der Waals surface area contributed by atoms with Crippen molar-refractivity contribution in [1.29, 1.82) is 0 Å². The molecule has 0 radical (unpaired) electrons. The van der Waals surface area contributed by atoms with Crippen LogP contribution in [-0.4, -0.2) is 11.5 Å². The second-order valence-corrected chi connectivity index (χ2v) is 6.08. The monoisotopic (exact) mass is 360 g/mol. The molecule has 122 valence electrons. The van der Waals surface area contributed by atoms with Gasteiger partial charge in [0.05, 0.1) is 0 Å². The number of rotatable bonds is 4. The van der Waals surface area contributed by atoms with Gasteiger partial charge < -0.3 is 10.6 Å². The number of benzene rings is 2. The van der Waals surface area contributed by atoms with Gasteiger partial charge in [0.15, 0.2) is 0 Å². The molecule has 2 rings (SSSR count). The first-order valence-electron chi connectivity index (χ1n) is 6.47. The second-order valence-electron chi connectivity index (χ2n) is 4.51. The Morgan fingerprint density at radius 1 is 1.13 bits per heavy atom. The number of anilines is 1. The fourth-order valence-electron chi connectivity index (χ4n) is 1.74. The Morgan fingerprint density at radius 3 is 2.43 bits per heavy atom. The molecule has 8 heteroatoms. The molecular weight excluding hydrogens is 349 g/mol. The van der Waals surface area contributed by atoms with E-state index in [1.807, 2.05) is 6.07 Å². The lowest BCUT2D eigenvalue weighted by Crippen LogP contribution is -2.28. The summed E-state index contributed by atoms with van der Waals surface area (Å²) in [6.07, 6.45) is 0. The Balaban J connectivity index is 1.85. The SMILES string of the molecule is O=C(NCc1cccc(Cl)c1)Nc1ccc(SC(F)(F)F)cc1. The lowest BCUT2D eigenvalue weighted by molar-refractivity contribution is -0.0328. The first kappa shape index (κ1) is 17.5. The molecule has 0 aliphatic carbocycles.